The number of benzene rings is 1. The second-order valence-corrected chi connectivity index (χ2v) is 7.80. The quantitative estimate of drug-likeness (QED) is 0.708. The van der Waals surface area contributed by atoms with Gasteiger partial charge in [0.25, 0.3) is 0 Å². The number of nitrogens with zero attached hydrogens (tertiary/aromatic N) is 2. The summed E-state index contributed by atoms with van der Waals surface area (Å²) in [6, 6.07) is 8.09. The Morgan fingerprint density at radius 3 is 2.55 bits per heavy atom. The van der Waals surface area contributed by atoms with Crippen LogP contribution < -0.4 is 15.5 Å². The van der Waals surface area contributed by atoms with Gasteiger partial charge in [0.1, 0.15) is 5.82 Å². The summed E-state index contributed by atoms with van der Waals surface area (Å²) in [5, 5.41) is 5.54. The van der Waals surface area contributed by atoms with Crippen LogP contribution in [-0.4, -0.2) is 29.9 Å². The van der Waals surface area contributed by atoms with Crippen LogP contribution in [0.15, 0.2) is 36.5 Å². The Morgan fingerprint density at radius 1 is 1.23 bits per heavy atom. The van der Waals surface area contributed by atoms with Gasteiger partial charge in [-0.15, -0.1) is 0 Å². The van der Waals surface area contributed by atoms with Gasteiger partial charge in [0, 0.05) is 44.4 Å². The molecule has 1 aliphatic rings. The van der Waals surface area contributed by atoms with Gasteiger partial charge in [-0.25, -0.2) is 4.98 Å². The van der Waals surface area contributed by atoms with Gasteiger partial charge in [-0.05, 0) is 36.6 Å². The third-order valence-corrected chi connectivity index (χ3v) is 5.31. The van der Waals surface area contributed by atoms with Crippen LogP contribution in [0.5, 0.6) is 0 Å². The van der Waals surface area contributed by atoms with Crippen molar-refractivity contribution in [3.63, 3.8) is 0 Å². The SMILES string of the molecule is CC(=O)Nc1cccc(CNC(=O)C2CCN(c3ncc(C(F)(F)F)cc3Cl)CC2)c1. The number of amides is 2. The minimum absolute atomic E-state index is 0.0585. The van der Waals surface area contributed by atoms with Gasteiger partial charge >= 0.3 is 6.18 Å². The lowest BCUT2D eigenvalue weighted by molar-refractivity contribution is -0.137. The van der Waals surface area contributed by atoms with Crippen LogP contribution >= 0.6 is 11.6 Å². The molecule has 0 unspecified atom stereocenters. The average Bonchev–Trinajstić information content (AvgIpc) is 2.71. The number of rotatable bonds is 5. The Bertz CT molecular complexity index is 960. The number of hydrogen-bond donors (Lipinski definition) is 2. The fraction of sp³-hybridized carbons (Fsp3) is 0.381. The zero-order chi connectivity index (χ0) is 22.6. The molecule has 1 aromatic heterocycles. The number of nitrogens with one attached hydrogen (secondary N) is 2. The number of halogens is 4. The van der Waals surface area contributed by atoms with Crippen molar-refractivity contribution in [3.05, 3.63) is 52.7 Å². The van der Waals surface area contributed by atoms with Crippen molar-refractivity contribution in [3.8, 4) is 0 Å². The van der Waals surface area contributed by atoms with E-state index in [1.807, 2.05) is 6.07 Å². The highest BCUT2D eigenvalue weighted by atomic mass is 35.5. The number of carbonyl (C=O) groups excluding carboxylic acids is 2. The number of piperidine rings is 1. The molecule has 1 aromatic carbocycles. The lowest BCUT2D eigenvalue weighted by atomic mass is 9.95. The number of alkyl halides is 3. The zero-order valence-corrected chi connectivity index (χ0v) is 17.6. The predicted molar refractivity (Wildman–Crippen MR) is 112 cm³/mol. The molecule has 2 N–H and O–H groups in total. The second kappa shape index (κ2) is 9.55. The normalized spacial score (nSPS) is 14.9. The maximum Gasteiger partial charge on any atom is 0.417 e. The Hall–Kier alpha value is -2.81. The summed E-state index contributed by atoms with van der Waals surface area (Å²) in [7, 11) is 0. The van der Waals surface area contributed by atoms with Gasteiger partial charge in [-0.3, -0.25) is 9.59 Å². The summed E-state index contributed by atoms with van der Waals surface area (Å²) in [6.07, 6.45) is -2.65. The highest BCUT2D eigenvalue weighted by Crippen LogP contribution is 2.34. The molecule has 6 nitrogen and oxygen atoms in total. The molecule has 0 bridgehead atoms. The van der Waals surface area contributed by atoms with Gasteiger partial charge in [0.05, 0.1) is 10.6 Å². The molecule has 166 valence electrons. The van der Waals surface area contributed by atoms with E-state index >= 15 is 0 Å². The van der Waals surface area contributed by atoms with E-state index in [1.165, 1.54) is 6.92 Å². The van der Waals surface area contributed by atoms with Crippen LogP contribution in [-0.2, 0) is 22.3 Å². The zero-order valence-electron chi connectivity index (χ0n) is 16.8. The molecule has 3 rings (SSSR count). The maximum absolute atomic E-state index is 12.8. The molecular formula is C21H22ClF3N4O2. The van der Waals surface area contributed by atoms with E-state index < -0.39 is 11.7 Å². The standard InChI is InChI=1S/C21H22ClF3N4O2/c1-13(30)28-17-4-2-3-14(9-17)11-27-20(31)15-5-7-29(8-6-15)19-18(22)10-16(12-26-19)21(23,24)25/h2-4,9-10,12,15H,5-8,11H2,1H3,(H,27,31)(H,28,30). The fourth-order valence-corrected chi connectivity index (χ4v) is 3.75. The van der Waals surface area contributed by atoms with Crippen molar-refractivity contribution in [2.75, 3.05) is 23.3 Å². The van der Waals surface area contributed by atoms with Crippen molar-refractivity contribution in [1.82, 2.24) is 10.3 Å². The summed E-state index contributed by atoms with van der Waals surface area (Å²) in [5.74, 6) is -0.169. The summed E-state index contributed by atoms with van der Waals surface area (Å²) in [5.41, 5.74) is 0.629. The molecule has 2 amide bonds. The Labute approximate surface area is 182 Å². The van der Waals surface area contributed by atoms with Crippen molar-refractivity contribution in [2.24, 2.45) is 5.92 Å². The van der Waals surface area contributed by atoms with Gasteiger partial charge in [-0.1, -0.05) is 23.7 Å². The largest absolute Gasteiger partial charge is 0.417 e. The summed E-state index contributed by atoms with van der Waals surface area (Å²) in [6.45, 7) is 2.69. The van der Waals surface area contributed by atoms with Crippen molar-refractivity contribution < 1.29 is 22.8 Å². The first kappa shape index (κ1) is 22.9. The highest BCUT2D eigenvalue weighted by molar-refractivity contribution is 6.33. The molecule has 10 heteroatoms. The molecule has 0 atom stereocenters. The Morgan fingerprint density at radius 2 is 1.94 bits per heavy atom. The molecule has 0 radical (unpaired) electrons. The van der Waals surface area contributed by atoms with E-state index in [0.717, 1.165) is 17.8 Å². The Balaban J connectivity index is 1.53. The molecular weight excluding hydrogens is 433 g/mol. The van der Waals surface area contributed by atoms with Crippen LogP contribution in [0.1, 0.15) is 30.9 Å². The molecule has 1 fully saturated rings. The number of aromatic nitrogens is 1. The summed E-state index contributed by atoms with van der Waals surface area (Å²) >= 11 is 6.02. The second-order valence-electron chi connectivity index (χ2n) is 7.39. The lowest BCUT2D eigenvalue weighted by Gasteiger charge is -2.32. The number of anilines is 2. The predicted octanol–water partition coefficient (Wildman–Crippen LogP) is 4.25. The summed E-state index contributed by atoms with van der Waals surface area (Å²) in [4.78, 5) is 29.4. The first-order chi connectivity index (χ1) is 14.6. The molecule has 2 aromatic rings. The Kier molecular flexibility index (Phi) is 7.04. The maximum atomic E-state index is 12.8. The minimum atomic E-state index is -4.50. The first-order valence-corrected chi connectivity index (χ1v) is 10.1. The van der Waals surface area contributed by atoms with Crippen LogP contribution in [0, 0.1) is 5.92 Å². The number of hydrogen-bond acceptors (Lipinski definition) is 4. The molecule has 0 aliphatic carbocycles. The lowest BCUT2D eigenvalue weighted by Crippen LogP contribution is -2.40. The molecule has 31 heavy (non-hydrogen) atoms. The van der Waals surface area contributed by atoms with E-state index in [-0.39, 0.29) is 22.8 Å². The smallest absolute Gasteiger partial charge is 0.355 e. The third kappa shape index (κ3) is 6.10. The molecule has 0 spiro atoms. The topological polar surface area (TPSA) is 74.3 Å². The van der Waals surface area contributed by atoms with Gasteiger partial charge in [-0.2, -0.15) is 13.2 Å². The van der Waals surface area contributed by atoms with Crippen LogP contribution in [0.3, 0.4) is 0 Å². The van der Waals surface area contributed by atoms with Crippen LogP contribution in [0.2, 0.25) is 5.02 Å². The minimum Gasteiger partial charge on any atom is -0.355 e. The molecule has 2 heterocycles. The fourth-order valence-electron chi connectivity index (χ4n) is 3.47. The highest BCUT2D eigenvalue weighted by Gasteiger charge is 2.33. The van der Waals surface area contributed by atoms with Crippen LogP contribution in [0.25, 0.3) is 0 Å². The van der Waals surface area contributed by atoms with Crippen molar-refractivity contribution in [1.29, 1.82) is 0 Å². The van der Waals surface area contributed by atoms with E-state index in [1.54, 1.807) is 23.1 Å². The van der Waals surface area contributed by atoms with E-state index in [2.05, 4.69) is 15.6 Å². The van der Waals surface area contributed by atoms with Gasteiger partial charge in [0.2, 0.25) is 11.8 Å². The third-order valence-electron chi connectivity index (χ3n) is 5.03. The number of carbonyl (C=O) groups is 2. The van der Waals surface area contributed by atoms with Gasteiger partial charge in [0.15, 0.2) is 0 Å². The first-order valence-electron chi connectivity index (χ1n) is 9.75. The van der Waals surface area contributed by atoms with Crippen molar-refractivity contribution >= 4 is 34.9 Å². The van der Waals surface area contributed by atoms with Crippen LogP contribution in [0.4, 0.5) is 24.7 Å². The van der Waals surface area contributed by atoms with Crippen molar-refractivity contribution in [2.45, 2.75) is 32.5 Å². The monoisotopic (exact) mass is 454 g/mol. The van der Waals surface area contributed by atoms with E-state index in [4.69, 9.17) is 11.6 Å². The van der Waals surface area contributed by atoms with E-state index in [0.29, 0.717) is 44.0 Å². The summed E-state index contributed by atoms with van der Waals surface area (Å²) < 4.78 is 38.3. The van der Waals surface area contributed by atoms with E-state index in [9.17, 15) is 22.8 Å². The molecule has 0 saturated carbocycles. The number of pyridine rings is 1. The van der Waals surface area contributed by atoms with Gasteiger partial charge < -0.3 is 15.5 Å². The molecule has 1 saturated heterocycles. The average molecular weight is 455 g/mol. The molecule has 1 aliphatic heterocycles.